The Morgan fingerprint density at radius 3 is 2.87 bits per heavy atom. The molecule has 1 N–H and O–H groups in total. The number of nitrogens with zero attached hydrogens (tertiary/aromatic N) is 4. The first-order valence-corrected chi connectivity index (χ1v) is 11.0. The van der Waals surface area contributed by atoms with Gasteiger partial charge in [-0.15, -0.1) is 0 Å². The van der Waals surface area contributed by atoms with Gasteiger partial charge in [0.1, 0.15) is 5.69 Å². The summed E-state index contributed by atoms with van der Waals surface area (Å²) in [7, 11) is 0. The molecule has 4 heterocycles. The zero-order chi connectivity index (χ0) is 21.5. The molecule has 1 fully saturated rings. The number of carbonyl (C=O) groups excluding carboxylic acids is 1. The van der Waals surface area contributed by atoms with E-state index in [0.717, 1.165) is 41.7 Å². The second-order valence-corrected chi connectivity index (χ2v) is 8.83. The number of hydrogen-bond acceptors (Lipinski definition) is 5. The molecule has 31 heavy (non-hydrogen) atoms. The average Bonchev–Trinajstić information content (AvgIpc) is 2.78. The maximum atomic E-state index is 13.2. The minimum atomic E-state index is -0.146. The van der Waals surface area contributed by atoms with Crippen LogP contribution in [0.2, 0.25) is 0 Å². The molecule has 3 aromatic rings. The van der Waals surface area contributed by atoms with Gasteiger partial charge in [0, 0.05) is 31.4 Å². The smallest absolute Gasteiger partial charge is 0.272 e. The van der Waals surface area contributed by atoms with Crippen molar-refractivity contribution in [2.24, 2.45) is 5.92 Å². The normalized spacial score (nSPS) is 18.8. The van der Waals surface area contributed by atoms with Gasteiger partial charge >= 0.3 is 0 Å². The van der Waals surface area contributed by atoms with Crippen LogP contribution in [-0.2, 0) is 13.0 Å². The van der Waals surface area contributed by atoms with E-state index in [4.69, 9.17) is 4.98 Å². The third kappa shape index (κ3) is 3.69. The molecule has 0 spiro atoms. The quantitative estimate of drug-likeness (QED) is 0.693. The van der Waals surface area contributed by atoms with Crippen LogP contribution in [0, 0.1) is 12.8 Å². The second-order valence-electron chi connectivity index (χ2n) is 8.83. The summed E-state index contributed by atoms with van der Waals surface area (Å²) >= 11 is 0. The first-order valence-electron chi connectivity index (χ1n) is 11.0. The fraction of sp³-hybridized carbons (Fsp3) is 0.417. The summed E-state index contributed by atoms with van der Waals surface area (Å²) in [4.78, 5) is 42.2. The van der Waals surface area contributed by atoms with Crippen molar-refractivity contribution in [3.63, 3.8) is 0 Å². The van der Waals surface area contributed by atoms with Crippen molar-refractivity contribution in [2.75, 3.05) is 24.5 Å². The molecule has 0 radical (unpaired) electrons. The van der Waals surface area contributed by atoms with Gasteiger partial charge in [-0.2, -0.15) is 0 Å². The van der Waals surface area contributed by atoms with Gasteiger partial charge in [0.15, 0.2) is 0 Å². The minimum absolute atomic E-state index is 0.140. The number of aryl methyl sites for hydroxylation is 1. The lowest BCUT2D eigenvalue weighted by Crippen LogP contribution is -2.42. The Labute approximate surface area is 181 Å². The van der Waals surface area contributed by atoms with Gasteiger partial charge in [-0.1, -0.05) is 25.1 Å². The van der Waals surface area contributed by atoms with E-state index in [1.54, 1.807) is 4.90 Å². The Kier molecular flexibility index (Phi) is 4.96. The van der Waals surface area contributed by atoms with Crippen LogP contribution in [0.4, 0.5) is 5.95 Å². The van der Waals surface area contributed by atoms with Crippen molar-refractivity contribution in [1.82, 2.24) is 19.9 Å². The standard InChI is InChI=1S/C24H27N5O2/c1-15-6-5-10-29(13-15)24-26-20-9-11-28(14-18(20)22(30)27-24)23(31)21-12-16(2)17-7-3-4-8-19(17)25-21/h3-4,7-8,12,15H,5-6,9-11,13-14H2,1-2H3,(H,26,27,30)/t15-/m0/s1. The number of carbonyl (C=O) groups is 1. The summed E-state index contributed by atoms with van der Waals surface area (Å²) in [6.45, 7) is 6.86. The first-order chi connectivity index (χ1) is 15.0. The molecule has 7 nitrogen and oxygen atoms in total. The number of amides is 1. The zero-order valence-electron chi connectivity index (χ0n) is 18.0. The molecular weight excluding hydrogens is 390 g/mol. The number of pyridine rings is 1. The molecule has 2 aromatic heterocycles. The van der Waals surface area contributed by atoms with Crippen molar-refractivity contribution in [1.29, 1.82) is 0 Å². The molecule has 1 saturated heterocycles. The van der Waals surface area contributed by atoms with Gasteiger partial charge in [0.2, 0.25) is 5.95 Å². The zero-order valence-corrected chi connectivity index (χ0v) is 18.0. The summed E-state index contributed by atoms with van der Waals surface area (Å²) < 4.78 is 0. The highest BCUT2D eigenvalue weighted by Crippen LogP contribution is 2.23. The summed E-state index contributed by atoms with van der Waals surface area (Å²) in [5, 5.41) is 1.04. The molecule has 0 unspecified atom stereocenters. The molecular formula is C24H27N5O2. The third-order valence-electron chi connectivity index (χ3n) is 6.44. The molecule has 0 bridgehead atoms. The minimum Gasteiger partial charge on any atom is -0.342 e. The predicted molar refractivity (Wildman–Crippen MR) is 120 cm³/mol. The number of benzene rings is 1. The number of rotatable bonds is 2. The van der Waals surface area contributed by atoms with Crippen LogP contribution in [0.1, 0.15) is 47.1 Å². The van der Waals surface area contributed by atoms with Gasteiger partial charge in [0.05, 0.1) is 23.3 Å². The molecule has 1 aromatic carbocycles. The third-order valence-corrected chi connectivity index (χ3v) is 6.44. The highest BCUT2D eigenvalue weighted by molar-refractivity contribution is 5.96. The van der Waals surface area contributed by atoms with Crippen LogP contribution >= 0.6 is 0 Å². The van der Waals surface area contributed by atoms with Crippen LogP contribution in [-0.4, -0.2) is 45.4 Å². The van der Waals surface area contributed by atoms with E-state index >= 15 is 0 Å². The first kappa shape index (κ1) is 19.7. The number of para-hydroxylation sites is 1. The molecule has 0 saturated carbocycles. The highest BCUT2D eigenvalue weighted by atomic mass is 16.2. The van der Waals surface area contributed by atoms with Crippen LogP contribution in [0.3, 0.4) is 0 Å². The monoisotopic (exact) mass is 417 g/mol. The highest BCUT2D eigenvalue weighted by Gasteiger charge is 2.28. The van der Waals surface area contributed by atoms with Gasteiger partial charge in [-0.25, -0.2) is 9.97 Å². The van der Waals surface area contributed by atoms with Crippen LogP contribution in [0.5, 0.6) is 0 Å². The van der Waals surface area contributed by atoms with Gasteiger partial charge in [0.25, 0.3) is 11.5 Å². The summed E-state index contributed by atoms with van der Waals surface area (Å²) in [6.07, 6.45) is 2.90. The van der Waals surface area contributed by atoms with E-state index in [1.165, 1.54) is 6.42 Å². The van der Waals surface area contributed by atoms with Crippen LogP contribution in [0.25, 0.3) is 10.9 Å². The number of hydrogen-bond donors (Lipinski definition) is 1. The fourth-order valence-electron chi connectivity index (χ4n) is 4.74. The number of anilines is 1. The van der Waals surface area contributed by atoms with E-state index in [2.05, 4.69) is 21.8 Å². The molecule has 160 valence electrons. The second kappa shape index (κ2) is 7.80. The van der Waals surface area contributed by atoms with Crippen molar-refractivity contribution < 1.29 is 4.79 Å². The number of aromatic amines is 1. The Balaban J connectivity index is 1.41. The lowest BCUT2D eigenvalue weighted by molar-refractivity contribution is 0.0727. The van der Waals surface area contributed by atoms with Crippen molar-refractivity contribution >= 4 is 22.8 Å². The maximum Gasteiger partial charge on any atom is 0.272 e. The van der Waals surface area contributed by atoms with E-state index < -0.39 is 0 Å². The lowest BCUT2D eigenvalue weighted by atomic mass is 10.0. The SMILES string of the molecule is Cc1cc(C(=O)N2CCc3nc(N4CCC[C@H](C)C4)[nH]c(=O)c3C2)nc2ccccc12. The number of piperidine rings is 1. The molecule has 2 aliphatic rings. The van der Waals surface area contributed by atoms with Crippen LogP contribution < -0.4 is 10.5 Å². The van der Waals surface area contributed by atoms with Gasteiger partial charge < -0.3 is 9.80 Å². The Bertz CT molecular complexity index is 1220. The Hall–Kier alpha value is -3.22. The van der Waals surface area contributed by atoms with Gasteiger partial charge in [-0.3, -0.25) is 14.6 Å². The molecule has 1 atom stereocenters. The number of fused-ring (bicyclic) bond motifs is 2. The predicted octanol–water partition coefficient (Wildman–Crippen LogP) is 3.06. The molecule has 0 aliphatic carbocycles. The topological polar surface area (TPSA) is 82.2 Å². The van der Waals surface area contributed by atoms with Crippen molar-refractivity contribution in [3.05, 3.63) is 63.2 Å². The van der Waals surface area contributed by atoms with E-state index in [1.807, 2.05) is 37.3 Å². The number of nitrogens with one attached hydrogen (secondary N) is 1. The molecule has 7 heteroatoms. The maximum absolute atomic E-state index is 13.2. The molecule has 2 aliphatic heterocycles. The van der Waals surface area contributed by atoms with Crippen molar-refractivity contribution in [2.45, 2.75) is 39.7 Å². The summed E-state index contributed by atoms with van der Waals surface area (Å²) in [6, 6.07) is 9.66. The van der Waals surface area contributed by atoms with Crippen molar-refractivity contribution in [3.8, 4) is 0 Å². The number of aromatic nitrogens is 3. The van der Waals surface area contributed by atoms with E-state index in [-0.39, 0.29) is 18.0 Å². The summed E-state index contributed by atoms with van der Waals surface area (Å²) in [5.41, 5.74) is 3.50. The largest absolute Gasteiger partial charge is 0.342 e. The van der Waals surface area contributed by atoms with E-state index in [0.29, 0.717) is 36.1 Å². The Morgan fingerprint density at radius 2 is 2.03 bits per heavy atom. The summed E-state index contributed by atoms with van der Waals surface area (Å²) in [5.74, 6) is 1.12. The Morgan fingerprint density at radius 1 is 1.19 bits per heavy atom. The molecule has 5 rings (SSSR count). The van der Waals surface area contributed by atoms with E-state index in [9.17, 15) is 9.59 Å². The number of H-pyrrole nitrogens is 1. The molecule has 1 amide bonds. The fourth-order valence-corrected chi connectivity index (χ4v) is 4.74. The average molecular weight is 418 g/mol. The van der Waals surface area contributed by atoms with Gasteiger partial charge in [-0.05, 0) is 43.4 Å². The van der Waals surface area contributed by atoms with Crippen LogP contribution in [0.15, 0.2) is 35.1 Å². The lowest BCUT2D eigenvalue weighted by Gasteiger charge is -2.33.